The van der Waals surface area contributed by atoms with Crippen molar-refractivity contribution in [3.8, 4) is 11.3 Å². The van der Waals surface area contributed by atoms with Gasteiger partial charge in [-0.3, -0.25) is 0 Å². The molecule has 42 heavy (non-hydrogen) atoms. The molecule has 3 heterocycles. The van der Waals surface area contributed by atoms with Crippen molar-refractivity contribution in [2.45, 2.75) is 6.92 Å². The van der Waals surface area contributed by atoms with Gasteiger partial charge >= 0.3 is 6.01 Å². The molecule has 0 spiro atoms. The maximum absolute atomic E-state index is 6.22. The zero-order valence-corrected chi connectivity index (χ0v) is 25.2. The molecular weight excluding hydrogens is 695 g/mol. The monoisotopic (exact) mass is 720 g/mol. The smallest absolute Gasteiger partial charge is 0.501 e. The first-order chi connectivity index (χ1) is 20.3. The summed E-state index contributed by atoms with van der Waals surface area (Å²) in [4.78, 5) is 4.32. The van der Waals surface area contributed by atoms with Crippen LogP contribution in [-0.4, -0.2) is 11.0 Å². The fourth-order valence-electron chi connectivity index (χ4n) is 5.02. The van der Waals surface area contributed by atoms with Crippen LogP contribution >= 0.6 is 0 Å². The molecule has 2 aromatic heterocycles. The summed E-state index contributed by atoms with van der Waals surface area (Å²) >= 11 is 0. The minimum absolute atomic E-state index is 0. The number of fused-ring (bicyclic) bond motifs is 4. The first-order valence-electron chi connectivity index (χ1n) is 13.5. The number of benzene rings is 5. The van der Waals surface area contributed by atoms with Gasteiger partial charge in [-0.15, -0.1) is 42.0 Å². The SMILES string of the molecule is C1=[N+](c2ccccc2)c2ccccc2[N+]=1c1[c-]ccc2c1oc1ccccc12.Cc1ccc(-c2[c-]cccc2)nc1.[Ir]. The normalized spacial score (nSPS) is 11.6. The summed E-state index contributed by atoms with van der Waals surface area (Å²) in [5.74, 6) is 0. The predicted molar refractivity (Wildman–Crippen MR) is 167 cm³/mol. The van der Waals surface area contributed by atoms with Gasteiger partial charge in [0.1, 0.15) is 5.58 Å². The van der Waals surface area contributed by atoms with Gasteiger partial charge in [-0.05, 0) is 28.8 Å². The molecule has 203 valence electrons. The fourth-order valence-corrected chi connectivity index (χ4v) is 5.02. The largest absolute Gasteiger partial charge is 0.509 e. The molecule has 5 aromatic carbocycles. The molecule has 5 heteroatoms. The van der Waals surface area contributed by atoms with Gasteiger partial charge in [-0.1, -0.05) is 70.6 Å². The number of hydrogen-bond acceptors (Lipinski definition) is 2. The summed E-state index contributed by atoms with van der Waals surface area (Å²) in [5, 5.41) is 2.20. The van der Waals surface area contributed by atoms with Crippen LogP contribution < -0.4 is 9.15 Å². The molecule has 0 aliphatic carbocycles. The molecular formula is C37H25IrN3O. The molecule has 0 unspecified atom stereocenters. The van der Waals surface area contributed by atoms with Crippen molar-refractivity contribution >= 4 is 50.7 Å². The third-order valence-corrected chi connectivity index (χ3v) is 7.02. The van der Waals surface area contributed by atoms with Gasteiger partial charge in [0.25, 0.3) is 11.4 Å². The second-order valence-electron chi connectivity index (χ2n) is 9.76. The van der Waals surface area contributed by atoms with E-state index >= 15 is 0 Å². The molecule has 0 N–H and O–H groups in total. The van der Waals surface area contributed by atoms with E-state index in [-0.39, 0.29) is 20.1 Å². The molecule has 7 aromatic rings. The van der Waals surface area contributed by atoms with Crippen LogP contribution in [0.25, 0.3) is 33.2 Å². The Balaban J connectivity index is 0.000000191. The van der Waals surface area contributed by atoms with Crippen molar-refractivity contribution in [3.63, 3.8) is 0 Å². The summed E-state index contributed by atoms with van der Waals surface area (Å²) < 4.78 is 10.3. The van der Waals surface area contributed by atoms with Crippen LogP contribution in [0.1, 0.15) is 5.56 Å². The van der Waals surface area contributed by atoms with Crippen LogP contribution in [0.3, 0.4) is 0 Å². The summed E-state index contributed by atoms with van der Waals surface area (Å²) in [6, 6.07) is 52.6. The Kier molecular flexibility index (Phi) is 7.72. The maximum Gasteiger partial charge on any atom is 0.501 e. The van der Waals surface area contributed by atoms with Gasteiger partial charge in [0.15, 0.2) is 5.69 Å². The van der Waals surface area contributed by atoms with Crippen LogP contribution in [0.5, 0.6) is 0 Å². The van der Waals surface area contributed by atoms with E-state index in [9.17, 15) is 0 Å². The zero-order valence-electron chi connectivity index (χ0n) is 22.8. The number of hydrogen-bond donors (Lipinski definition) is 0. The summed E-state index contributed by atoms with van der Waals surface area (Å²) in [6.07, 6.45) is 1.87. The molecule has 0 amide bonds. The van der Waals surface area contributed by atoms with Crippen molar-refractivity contribution in [2.75, 3.05) is 0 Å². The molecule has 0 bridgehead atoms. The number of furan rings is 1. The van der Waals surface area contributed by atoms with Crippen molar-refractivity contribution in [1.82, 2.24) is 14.1 Å². The fraction of sp³-hybridized carbons (Fsp3) is 0.0270. The molecule has 1 radical (unpaired) electrons. The van der Waals surface area contributed by atoms with E-state index < -0.39 is 0 Å². The Morgan fingerprint density at radius 3 is 2.17 bits per heavy atom. The van der Waals surface area contributed by atoms with Crippen LogP contribution in [-0.2, 0) is 20.1 Å². The van der Waals surface area contributed by atoms with Crippen LogP contribution in [0.2, 0.25) is 0 Å². The summed E-state index contributed by atoms with van der Waals surface area (Å²) in [7, 11) is 0. The number of rotatable bonds is 3. The Hall–Kier alpha value is -4.92. The molecule has 0 saturated heterocycles. The van der Waals surface area contributed by atoms with E-state index in [1.165, 1.54) is 5.56 Å². The van der Waals surface area contributed by atoms with Gasteiger partial charge in [0.05, 0.1) is 5.58 Å². The second kappa shape index (κ2) is 11.9. The summed E-state index contributed by atoms with van der Waals surface area (Å²) in [6.45, 7) is 2.03. The standard InChI is InChI=1S/C25H15N2O.C12H10N.Ir/c1-2-9-18(10-3-1)26-17-27(22-14-6-5-13-21(22)26)23-15-8-12-20-19-11-4-7-16-24(19)28-25(20)23;1-10-7-8-12(13-9-10)11-5-3-2-4-6-11;/h1-14,16H;2-5,7-9H,1H3;/q+1;-1;. The third kappa shape index (κ3) is 5.13. The van der Waals surface area contributed by atoms with E-state index in [0.29, 0.717) is 0 Å². The molecule has 0 saturated carbocycles. The van der Waals surface area contributed by atoms with Crippen molar-refractivity contribution in [3.05, 3.63) is 151 Å². The minimum Gasteiger partial charge on any atom is -0.509 e. The van der Waals surface area contributed by atoms with Gasteiger partial charge < -0.3 is 9.40 Å². The number of aromatic nitrogens is 1. The molecule has 1 aliphatic heterocycles. The van der Waals surface area contributed by atoms with Crippen molar-refractivity contribution < 1.29 is 24.5 Å². The first-order valence-corrected chi connectivity index (χ1v) is 13.5. The number of pyridine rings is 1. The predicted octanol–water partition coefficient (Wildman–Crippen LogP) is 9.10. The quantitative estimate of drug-likeness (QED) is 0.135. The first kappa shape index (κ1) is 27.3. The summed E-state index contributed by atoms with van der Waals surface area (Å²) in [5.41, 5.74) is 8.96. The average molecular weight is 720 g/mol. The van der Waals surface area contributed by atoms with E-state index in [0.717, 1.165) is 55.9 Å². The van der Waals surface area contributed by atoms with E-state index in [4.69, 9.17) is 4.42 Å². The average Bonchev–Trinajstić information content (AvgIpc) is 3.62. The Bertz CT molecular complexity index is 2080. The molecule has 0 fully saturated rings. The topological polar surface area (TPSA) is 32.0 Å². The van der Waals surface area contributed by atoms with Gasteiger partial charge in [0.2, 0.25) is 5.69 Å². The molecule has 8 rings (SSSR count). The van der Waals surface area contributed by atoms with Crippen LogP contribution in [0.15, 0.2) is 138 Å². The molecule has 4 nitrogen and oxygen atoms in total. The molecule has 0 atom stereocenters. The Morgan fingerprint density at radius 2 is 1.40 bits per heavy atom. The van der Waals surface area contributed by atoms with Crippen LogP contribution in [0, 0.1) is 19.1 Å². The number of nitrogens with zero attached hydrogens (tertiary/aromatic N) is 3. The molecule has 1 aliphatic rings. The van der Waals surface area contributed by atoms with Gasteiger partial charge in [-0.2, -0.15) is 12.1 Å². The maximum atomic E-state index is 6.22. The number of para-hydroxylation sites is 4. The van der Waals surface area contributed by atoms with E-state index in [2.05, 4.69) is 70.2 Å². The Labute approximate surface area is 257 Å². The second-order valence-corrected chi connectivity index (χ2v) is 9.76. The minimum atomic E-state index is 0. The van der Waals surface area contributed by atoms with Gasteiger partial charge in [-0.25, -0.2) is 0 Å². The van der Waals surface area contributed by atoms with Crippen LogP contribution in [0.4, 0.5) is 22.7 Å². The van der Waals surface area contributed by atoms with Crippen molar-refractivity contribution in [1.29, 1.82) is 0 Å². The Morgan fingerprint density at radius 1 is 0.667 bits per heavy atom. The van der Waals surface area contributed by atoms with Crippen molar-refractivity contribution in [2.24, 2.45) is 0 Å². The van der Waals surface area contributed by atoms with E-state index in [1.807, 2.05) is 103 Å². The third-order valence-electron chi connectivity index (χ3n) is 7.02. The number of aryl methyl sites for hydroxylation is 1. The van der Waals surface area contributed by atoms with Gasteiger partial charge in [0, 0.05) is 56.0 Å². The zero-order chi connectivity index (χ0) is 27.6. The van der Waals surface area contributed by atoms with E-state index in [1.54, 1.807) is 0 Å².